The van der Waals surface area contributed by atoms with Gasteiger partial charge in [0.05, 0.1) is 12.6 Å². The molecule has 2 heterocycles. The molecule has 6 nitrogen and oxygen atoms in total. The number of benzene rings is 1. The molecule has 1 aromatic carbocycles. The van der Waals surface area contributed by atoms with Crippen molar-refractivity contribution in [1.82, 2.24) is 10.2 Å². The Kier molecular flexibility index (Phi) is 5.50. The Hall–Kier alpha value is -2.24. The highest BCUT2D eigenvalue weighted by molar-refractivity contribution is 5.86. The maximum absolute atomic E-state index is 12.8. The minimum atomic E-state index is -0.00320. The van der Waals surface area contributed by atoms with E-state index in [0.29, 0.717) is 13.2 Å². The zero-order valence-corrected chi connectivity index (χ0v) is 15.7. The van der Waals surface area contributed by atoms with Gasteiger partial charge in [0.2, 0.25) is 11.8 Å². The maximum Gasteiger partial charge on any atom is 0.242 e. The summed E-state index contributed by atoms with van der Waals surface area (Å²) in [7, 11) is 0. The molecule has 1 aromatic rings. The summed E-state index contributed by atoms with van der Waals surface area (Å²) in [6, 6.07) is 5.98. The van der Waals surface area contributed by atoms with Gasteiger partial charge in [-0.2, -0.15) is 0 Å². The van der Waals surface area contributed by atoms with Crippen LogP contribution in [0.1, 0.15) is 56.6 Å². The molecule has 0 aromatic heterocycles. The van der Waals surface area contributed by atoms with E-state index in [1.807, 2.05) is 23.1 Å². The van der Waals surface area contributed by atoms with Gasteiger partial charge in [-0.25, -0.2) is 0 Å². The summed E-state index contributed by atoms with van der Waals surface area (Å²) in [4.78, 5) is 27.0. The molecule has 2 fully saturated rings. The molecule has 146 valence electrons. The van der Waals surface area contributed by atoms with E-state index in [1.54, 1.807) is 0 Å². The van der Waals surface area contributed by atoms with E-state index in [1.165, 1.54) is 6.42 Å². The highest BCUT2D eigenvalue weighted by atomic mass is 16.6. The Bertz CT molecular complexity index is 699. The fraction of sp³-hybridized carbons (Fsp3) is 0.619. The molecule has 3 aliphatic rings. The lowest BCUT2D eigenvalue weighted by Gasteiger charge is -2.27. The van der Waals surface area contributed by atoms with Crippen LogP contribution in [0.5, 0.6) is 11.5 Å². The first-order chi connectivity index (χ1) is 13.2. The lowest BCUT2D eigenvalue weighted by Crippen LogP contribution is -2.42. The zero-order chi connectivity index (χ0) is 18.6. The van der Waals surface area contributed by atoms with Crippen LogP contribution in [0.15, 0.2) is 18.2 Å². The van der Waals surface area contributed by atoms with Crippen molar-refractivity contribution in [3.05, 3.63) is 23.8 Å². The van der Waals surface area contributed by atoms with Gasteiger partial charge in [0, 0.05) is 12.5 Å². The number of nitrogens with zero attached hydrogens (tertiary/aromatic N) is 1. The van der Waals surface area contributed by atoms with E-state index in [2.05, 4.69) is 5.32 Å². The van der Waals surface area contributed by atoms with Gasteiger partial charge in [-0.3, -0.25) is 9.59 Å². The van der Waals surface area contributed by atoms with Gasteiger partial charge in [-0.15, -0.1) is 0 Å². The second-order valence-corrected chi connectivity index (χ2v) is 7.70. The average Bonchev–Trinajstić information content (AvgIpc) is 3.22. The smallest absolute Gasteiger partial charge is 0.242 e. The lowest BCUT2D eigenvalue weighted by atomic mass is 9.89. The highest BCUT2D eigenvalue weighted by Gasteiger charge is 2.31. The molecule has 0 radical (unpaired) electrons. The Labute approximate surface area is 160 Å². The summed E-state index contributed by atoms with van der Waals surface area (Å²) in [5, 5.41) is 2.88. The van der Waals surface area contributed by atoms with Gasteiger partial charge in [0.1, 0.15) is 13.2 Å². The number of fused-ring (bicyclic) bond motifs is 1. The zero-order valence-electron chi connectivity index (χ0n) is 15.7. The molecular formula is C21H28N2O4. The Balaban J connectivity index is 1.37. The number of ether oxygens (including phenoxy) is 2. The Morgan fingerprint density at radius 1 is 1.00 bits per heavy atom. The van der Waals surface area contributed by atoms with Crippen molar-refractivity contribution < 1.29 is 19.1 Å². The predicted molar refractivity (Wildman–Crippen MR) is 101 cm³/mol. The van der Waals surface area contributed by atoms with Crippen molar-refractivity contribution in [2.24, 2.45) is 5.92 Å². The minimum absolute atomic E-state index is 0.00320. The molecule has 1 aliphatic carbocycles. The molecule has 0 spiro atoms. The van der Waals surface area contributed by atoms with Crippen LogP contribution in [0.4, 0.5) is 0 Å². The molecule has 0 bridgehead atoms. The summed E-state index contributed by atoms with van der Waals surface area (Å²) < 4.78 is 11.3. The fourth-order valence-corrected chi connectivity index (χ4v) is 4.45. The molecule has 1 unspecified atom stereocenters. The molecule has 1 atom stereocenters. The van der Waals surface area contributed by atoms with Crippen LogP contribution in [-0.2, 0) is 9.59 Å². The first-order valence-electron chi connectivity index (χ1n) is 10.2. The van der Waals surface area contributed by atoms with Crippen LogP contribution in [0.2, 0.25) is 0 Å². The third-order valence-electron chi connectivity index (χ3n) is 5.91. The van der Waals surface area contributed by atoms with E-state index in [4.69, 9.17) is 9.47 Å². The van der Waals surface area contributed by atoms with E-state index in [-0.39, 0.29) is 30.3 Å². The summed E-state index contributed by atoms with van der Waals surface area (Å²) in [5.74, 6) is 1.64. The first-order valence-corrected chi connectivity index (χ1v) is 10.2. The van der Waals surface area contributed by atoms with Crippen LogP contribution in [0.25, 0.3) is 0 Å². The van der Waals surface area contributed by atoms with Crippen molar-refractivity contribution in [2.45, 2.75) is 51.0 Å². The number of carbonyl (C=O) groups is 2. The second kappa shape index (κ2) is 8.19. The minimum Gasteiger partial charge on any atom is -0.486 e. The van der Waals surface area contributed by atoms with E-state index >= 15 is 0 Å². The van der Waals surface area contributed by atoms with Crippen LogP contribution in [0.3, 0.4) is 0 Å². The monoisotopic (exact) mass is 372 g/mol. The first kappa shape index (κ1) is 18.1. The van der Waals surface area contributed by atoms with E-state index in [9.17, 15) is 9.59 Å². The fourth-order valence-electron chi connectivity index (χ4n) is 4.45. The number of nitrogens with one attached hydrogen (secondary N) is 1. The molecule has 6 heteroatoms. The predicted octanol–water partition coefficient (Wildman–Crippen LogP) is 2.82. The Morgan fingerprint density at radius 3 is 2.59 bits per heavy atom. The van der Waals surface area contributed by atoms with Crippen LogP contribution in [0, 0.1) is 5.92 Å². The number of likely N-dealkylation sites (tertiary alicyclic amines) is 1. The summed E-state index contributed by atoms with van der Waals surface area (Å²) in [6.45, 7) is 1.95. The van der Waals surface area contributed by atoms with Crippen LogP contribution < -0.4 is 14.8 Å². The molecule has 2 amide bonds. The van der Waals surface area contributed by atoms with Gasteiger partial charge in [0.15, 0.2) is 11.5 Å². The third kappa shape index (κ3) is 4.04. The SMILES string of the molecule is O=C(NCC(=O)N1CCCC1c1ccc2c(c1)OCCO2)C1CCCCC1. The normalized spacial score (nSPS) is 22.5. The number of carbonyl (C=O) groups excluding carboxylic acids is 2. The second-order valence-electron chi connectivity index (χ2n) is 7.70. The average molecular weight is 372 g/mol. The number of hydrogen-bond donors (Lipinski definition) is 1. The standard InChI is InChI=1S/C21H28N2O4/c24-20(14-22-21(25)15-5-2-1-3-6-15)23-10-4-7-17(23)16-8-9-18-19(13-16)27-12-11-26-18/h8-9,13,15,17H,1-7,10-12,14H2,(H,22,25). The van der Waals surface area contributed by atoms with Gasteiger partial charge in [-0.05, 0) is 43.4 Å². The van der Waals surface area contributed by atoms with Crippen molar-refractivity contribution in [3.63, 3.8) is 0 Å². The van der Waals surface area contributed by atoms with Crippen LogP contribution in [-0.4, -0.2) is 43.0 Å². The van der Waals surface area contributed by atoms with Crippen molar-refractivity contribution in [3.8, 4) is 11.5 Å². The van der Waals surface area contributed by atoms with Gasteiger partial charge < -0.3 is 19.7 Å². The van der Waals surface area contributed by atoms with Crippen molar-refractivity contribution in [2.75, 3.05) is 26.3 Å². The number of amides is 2. The highest BCUT2D eigenvalue weighted by Crippen LogP contribution is 2.38. The Morgan fingerprint density at radius 2 is 1.78 bits per heavy atom. The van der Waals surface area contributed by atoms with E-state index < -0.39 is 0 Å². The molecular weight excluding hydrogens is 344 g/mol. The third-order valence-corrected chi connectivity index (χ3v) is 5.91. The number of rotatable bonds is 4. The molecule has 2 aliphatic heterocycles. The summed E-state index contributed by atoms with van der Waals surface area (Å²) in [6.07, 6.45) is 7.25. The summed E-state index contributed by atoms with van der Waals surface area (Å²) in [5.41, 5.74) is 1.07. The van der Waals surface area contributed by atoms with Gasteiger partial charge >= 0.3 is 0 Å². The van der Waals surface area contributed by atoms with E-state index in [0.717, 1.165) is 62.1 Å². The molecule has 1 saturated carbocycles. The molecule has 27 heavy (non-hydrogen) atoms. The van der Waals surface area contributed by atoms with Gasteiger partial charge in [0.25, 0.3) is 0 Å². The largest absolute Gasteiger partial charge is 0.486 e. The van der Waals surface area contributed by atoms with Gasteiger partial charge in [-0.1, -0.05) is 25.3 Å². The molecule has 4 rings (SSSR count). The maximum atomic E-state index is 12.8. The quantitative estimate of drug-likeness (QED) is 0.882. The number of hydrogen-bond acceptors (Lipinski definition) is 4. The topological polar surface area (TPSA) is 67.9 Å². The van der Waals surface area contributed by atoms with Crippen molar-refractivity contribution in [1.29, 1.82) is 0 Å². The van der Waals surface area contributed by atoms with Crippen LogP contribution >= 0.6 is 0 Å². The lowest BCUT2D eigenvalue weighted by molar-refractivity contribution is -0.134. The summed E-state index contributed by atoms with van der Waals surface area (Å²) >= 11 is 0. The molecule has 1 saturated heterocycles. The van der Waals surface area contributed by atoms with Crippen molar-refractivity contribution >= 4 is 11.8 Å². The molecule has 1 N–H and O–H groups in total.